The van der Waals surface area contributed by atoms with Crippen molar-refractivity contribution >= 4 is 10.0 Å². The highest BCUT2D eigenvalue weighted by molar-refractivity contribution is 7.89. The van der Waals surface area contributed by atoms with Crippen LogP contribution in [0.4, 0.5) is 0 Å². The fourth-order valence-electron chi connectivity index (χ4n) is 3.63. The zero-order valence-corrected chi connectivity index (χ0v) is 17.6. The molecule has 0 saturated carbocycles. The summed E-state index contributed by atoms with van der Waals surface area (Å²) in [6, 6.07) is 27.1. The number of hydrogen-bond donors (Lipinski definition) is 1. The molecule has 0 aromatic heterocycles. The van der Waals surface area contributed by atoms with Crippen LogP contribution in [0.25, 0.3) is 11.1 Å². The van der Waals surface area contributed by atoms with Gasteiger partial charge in [-0.3, -0.25) is 4.90 Å². The van der Waals surface area contributed by atoms with Crippen molar-refractivity contribution in [3.05, 3.63) is 90.5 Å². The van der Waals surface area contributed by atoms with E-state index < -0.39 is 10.0 Å². The summed E-state index contributed by atoms with van der Waals surface area (Å²) in [4.78, 5) is 2.56. The lowest BCUT2D eigenvalue weighted by molar-refractivity contribution is -0.0276. The molecule has 1 aliphatic heterocycles. The van der Waals surface area contributed by atoms with Crippen LogP contribution in [0.5, 0.6) is 0 Å². The summed E-state index contributed by atoms with van der Waals surface area (Å²) < 4.78 is 33.9. The summed E-state index contributed by atoms with van der Waals surface area (Å²) in [5, 5.41) is 0. The summed E-state index contributed by atoms with van der Waals surface area (Å²) in [5.74, 6) is 0. The van der Waals surface area contributed by atoms with E-state index in [1.54, 1.807) is 12.1 Å². The van der Waals surface area contributed by atoms with E-state index >= 15 is 0 Å². The third-order valence-corrected chi connectivity index (χ3v) is 6.68. The molecule has 1 heterocycles. The predicted octanol–water partition coefficient (Wildman–Crippen LogP) is 3.53. The molecule has 5 nitrogen and oxygen atoms in total. The van der Waals surface area contributed by atoms with Gasteiger partial charge in [0.1, 0.15) is 0 Å². The second-order valence-corrected chi connectivity index (χ2v) is 9.22. The van der Waals surface area contributed by atoms with E-state index in [0.29, 0.717) is 13.2 Å². The number of morpholine rings is 1. The molecular weight excluding hydrogens is 396 g/mol. The molecule has 0 amide bonds. The minimum Gasteiger partial charge on any atom is -0.374 e. The molecule has 30 heavy (non-hydrogen) atoms. The number of hydrogen-bond acceptors (Lipinski definition) is 4. The Morgan fingerprint density at radius 2 is 1.50 bits per heavy atom. The second-order valence-electron chi connectivity index (χ2n) is 7.46. The Morgan fingerprint density at radius 3 is 2.20 bits per heavy atom. The Bertz CT molecular complexity index is 1040. The van der Waals surface area contributed by atoms with Gasteiger partial charge in [-0.25, -0.2) is 13.1 Å². The van der Waals surface area contributed by atoms with Crippen LogP contribution in [0.2, 0.25) is 0 Å². The highest BCUT2D eigenvalue weighted by atomic mass is 32.2. The van der Waals surface area contributed by atoms with E-state index in [4.69, 9.17) is 4.74 Å². The lowest BCUT2D eigenvalue weighted by atomic mass is 10.1. The van der Waals surface area contributed by atoms with Crippen molar-refractivity contribution in [3.63, 3.8) is 0 Å². The van der Waals surface area contributed by atoms with Gasteiger partial charge in [-0.05, 0) is 28.8 Å². The fraction of sp³-hybridized carbons (Fsp3) is 0.250. The molecule has 156 valence electrons. The molecule has 1 atom stereocenters. The fourth-order valence-corrected chi connectivity index (χ4v) is 4.70. The lowest BCUT2D eigenvalue weighted by Crippen LogP contribution is -2.47. The summed E-state index contributed by atoms with van der Waals surface area (Å²) >= 11 is 0. The molecule has 0 spiro atoms. The molecule has 0 radical (unpaired) electrons. The standard InChI is InChI=1S/C24H26N2O3S/c27-30(28,24-13-11-22(12-14-24)21-9-5-2-6-10-21)25-17-23-19-26(15-16-29-23)18-20-7-3-1-4-8-20/h1-14,23,25H,15-19H2. The summed E-state index contributed by atoms with van der Waals surface area (Å²) in [6.45, 7) is 3.25. The number of nitrogens with one attached hydrogen (secondary N) is 1. The first kappa shape index (κ1) is 20.8. The molecule has 3 aromatic rings. The Hall–Kier alpha value is -2.51. The van der Waals surface area contributed by atoms with Gasteiger partial charge in [-0.1, -0.05) is 72.8 Å². The van der Waals surface area contributed by atoms with Crippen LogP contribution in [0.3, 0.4) is 0 Å². The van der Waals surface area contributed by atoms with Crippen LogP contribution >= 0.6 is 0 Å². The van der Waals surface area contributed by atoms with Gasteiger partial charge in [-0.15, -0.1) is 0 Å². The number of ether oxygens (including phenoxy) is 1. The van der Waals surface area contributed by atoms with Gasteiger partial charge in [0.25, 0.3) is 0 Å². The Kier molecular flexibility index (Phi) is 6.59. The largest absolute Gasteiger partial charge is 0.374 e. The molecule has 6 heteroatoms. The van der Waals surface area contributed by atoms with Gasteiger partial charge in [-0.2, -0.15) is 0 Å². The maximum atomic E-state index is 12.7. The van der Waals surface area contributed by atoms with Gasteiger partial charge in [0.15, 0.2) is 0 Å². The van der Waals surface area contributed by atoms with Crippen molar-refractivity contribution in [2.45, 2.75) is 17.5 Å². The minimum absolute atomic E-state index is 0.166. The Morgan fingerprint density at radius 1 is 0.867 bits per heavy atom. The van der Waals surface area contributed by atoms with Gasteiger partial charge in [0, 0.05) is 26.2 Å². The average molecular weight is 423 g/mol. The predicted molar refractivity (Wildman–Crippen MR) is 119 cm³/mol. The van der Waals surface area contributed by atoms with Crippen LogP contribution in [-0.2, 0) is 21.3 Å². The molecule has 4 rings (SSSR count). The van der Waals surface area contributed by atoms with Crippen molar-refractivity contribution in [1.29, 1.82) is 0 Å². The first-order valence-corrected chi connectivity index (χ1v) is 11.6. The minimum atomic E-state index is -3.58. The number of nitrogens with zero attached hydrogens (tertiary/aromatic N) is 1. The van der Waals surface area contributed by atoms with Gasteiger partial charge in [0.2, 0.25) is 10.0 Å². The van der Waals surface area contributed by atoms with Gasteiger partial charge in [0.05, 0.1) is 17.6 Å². The zero-order chi connectivity index (χ0) is 20.8. The van der Waals surface area contributed by atoms with E-state index in [1.807, 2.05) is 60.7 Å². The SMILES string of the molecule is O=S(=O)(NCC1CN(Cc2ccccc2)CCO1)c1ccc(-c2ccccc2)cc1. The van der Waals surface area contributed by atoms with E-state index in [1.165, 1.54) is 5.56 Å². The van der Waals surface area contributed by atoms with Crippen LogP contribution in [0, 0.1) is 0 Å². The van der Waals surface area contributed by atoms with Crippen molar-refractivity contribution in [3.8, 4) is 11.1 Å². The van der Waals surface area contributed by atoms with Crippen LogP contribution < -0.4 is 4.72 Å². The molecule has 0 bridgehead atoms. The first-order valence-electron chi connectivity index (χ1n) is 10.1. The van der Waals surface area contributed by atoms with E-state index in [0.717, 1.165) is 24.2 Å². The van der Waals surface area contributed by atoms with Crippen molar-refractivity contribution in [2.75, 3.05) is 26.2 Å². The maximum absolute atomic E-state index is 12.7. The van der Waals surface area contributed by atoms with Crippen LogP contribution in [-0.4, -0.2) is 45.7 Å². The molecule has 3 aromatic carbocycles. The van der Waals surface area contributed by atoms with Crippen molar-refractivity contribution < 1.29 is 13.2 Å². The molecule has 1 aliphatic rings. The molecule has 1 N–H and O–H groups in total. The zero-order valence-electron chi connectivity index (χ0n) is 16.8. The molecular formula is C24H26N2O3S. The normalized spacial score (nSPS) is 17.7. The van der Waals surface area contributed by atoms with Crippen molar-refractivity contribution in [1.82, 2.24) is 9.62 Å². The monoisotopic (exact) mass is 422 g/mol. The van der Waals surface area contributed by atoms with Crippen LogP contribution in [0.15, 0.2) is 89.8 Å². The molecule has 1 fully saturated rings. The number of rotatable bonds is 7. The third kappa shape index (κ3) is 5.34. The van der Waals surface area contributed by atoms with Crippen LogP contribution in [0.1, 0.15) is 5.56 Å². The molecule has 1 unspecified atom stereocenters. The summed E-state index contributed by atoms with van der Waals surface area (Å²) in [5.41, 5.74) is 3.29. The van der Waals surface area contributed by atoms with E-state index in [-0.39, 0.29) is 17.5 Å². The third-order valence-electron chi connectivity index (χ3n) is 5.24. The highest BCUT2D eigenvalue weighted by Crippen LogP contribution is 2.21. The Labute approximate surface area is 178 Å². The summed E-state index contributed by atoms with van der Waals surface area (Å²) in [6.07, 6.45) is -0.166. The highest BCUT2D eigenvalue weighted by Gasteiger charge is 2.23. The van der Waals surface area contributed by atoms with E-state index in [2.05, 4.69) is 21.8 Å². The maximum Gasteiger partial charge on any atom is 0.240 e. The quantitative estimate of drug-likeness (QED) is 0.633. The summed E-state index contributed by atoms with van der Waals surface area (Å²) in [7, 11) is -3.58. The van der Waals surface area contributed by atoms with Crippen molar-refractivity contribution in [2.24, 2.45) is 0 Å². The molecule has 1 saturated heterocycles. The molecule has 0 aliphatic carbocycles. The smallest absolute Gasteiger partial charge is 0.240 e. The number of sulfonamides is 1. The van der Waals surface area contributed by atoms with E-state index in [9.17, 15) is 8.42 Å². The van der Waals surface area contributed by atoms with Gasteiger partial charge >= 0.3 is 0 Å². The number of benzene rings is 3. The lowest BCUT2D eigenvalue weighted by Gasteiger charge is -2.33. The average Bonchev–Trinajstić information content (AvgIpc) is 2.79. The second kappa shape index (κ2) is 9.53. The topological polar surface area (TPSA) is 58.6 Å². The Balaban J connectivity index is 1.34. The van der Waals surface area contributed by atoms with Gasteiger partial charge < -0.3 is 4.74 Å². The first-order chi connectivity index (χ1) is 14.6.